The van der Waals surface area contributed by atoms with Crippen LogP contribution >= 0.6 is 0 Å². The van der Waals surface area contributed by atoms with E-state index in [1.165, 1.54) is 19.2 Å². The predicted molar refractivity (Wildman–Crippen MR) is 84.9 cm³/mol. The van der Waals surface area contributed by atoms with E-state index in [-0.39, 0.29) is 24.6 Å². The molecule has 0 aromatic heterocycles. The summed E-state index contributed by atoms with van der Waals surface area (Å²) in [6, 6.07) is 6.44. The first-order valence-corrected chi connectivity index (χ1v) is 8.02. The maximum absolute atomic E-state index is 12.5. The number of terminal acetylenes is 1. The van der Waals surface area contributed by atoms with Crippen molar-refractivity contribution in [1.29, 1.82) is 0 Å². The number of nitrogens with zero attached hydrogens (tertiary/aromatic N) is 1. The summed E-state index contributed by atoms with van der Waals surface area (Å²) in [5.74, 6) is 7.43. The van der Waals surface area contributed by atoms with Crippen molar-refractivity contribution in [3.63, 3.8) is 0 Å². The number of sulfonamides is 1. The quantitative estimate of drug-likeness (QED) is 0.601. The molecule has 0 saturated heterocycles. The average molecular weight is 335 g/mol. The van der Waals surface area contributed by atoms with Gasteiger partial charge in [0.25, 0.3) is 0 Å². The van der Waals surface area contributed by atoms with Crippen LogP contribution in [0.2, 0.25) is 0 Å². The second kappa shape index (κ2) is 8.84. The monoisotopic (exact) mass is 335 g/mol. The van der Waals surface area contributed by atoms with E-state index in [4.69, 9.17) is 6.42 Å². The molecule has 1 aromatic carbocycles. The van der Waals surface area contributed by atoms with Crippen LogP contribution in [0.15, 0.2) is 29.2 Å². The smallest absolute Gasteiger partial charge is 0.438 e. The summed E-state index contributed by atoms with van der Waals surface area (Å²) in [6.07, 6.45) is 4.37. The molecule has 0 fully saturated rings. The van der Waals surface area contributed by atoms with Crippen LogP contribution in [-0.2, 0) is 19.5 Å². The maximum atomic E-state index is 12.5. The van der Waals surface area contributed by atoms with Gasteiger partial charge in [-0.1, -0.05) is 35.5 Å². The summed E-state index contributed by atoms with van der Waals surface area (Å²) >= 11 is 0. The molecular weight excluding hydrogens is 318 g/mol. The summed E-state index contributed by atoms with van der Waals surface area (Å²) in [7, 11) is -2.55. The fourth-order valence-corrected chi connectivity index (χ4v) is 2.79. The average Bonchev–Trinajstić information content (AvgIpc) is 2.53. The lowest BCUT2D eigenvalue weighted by molar-refractivity contribution is 0.0832. The van der Waals surface area contributed by atoms with E-state index in [0.717, 1.165) is 9.87 Å². The number of methoxy groups -OCH3 is 1. The fraction of sp³-hybridized carbons (Fsp3) is 0.312. The highest BCUT2D eigenvalue weighted by Crippen LogP contribution is 2.15. The number of hydrogen-bond acceptors (Lipinski definition) is 5. The minimum Gasteiger partial charge on any atom is -0.438 e. The van der Waals surface area contributed by atoms with Crippen LogP contribution in [0.3, 0.4) is 0 Å². The molecule has 0 aliphatic rings. The molecule has 0 atom stereocenters. The molecule has 6 nitrogen and oxygen atoms in total. The molecule has 1 rings (SSSR count). The van der Waals surface area contributed by atoms with Gasteiger partial charge in [-0.2, -0.15) is 4.31 Å². The SMILES string of the molecule is C#CCN(CC#CCOC(=O)OC)S(=O)(=O)c1ccc(C)cc1. The number of hydrogen-bond donors (Lipinski definition) is 0. The zero-order valence-corrected chi connectivity index (χ0v) is 13.7. The Balaban J connectivity index is 2.81. The Bertz CT molecular complexity index is 735. The van der Waals surface area contributed by atoms with E-state index < -0.39 is 16.2 Å². The highest BCUT2D eigenvalue weighted by molar-refractivity contribution is 7.89. The predicted octanol–water partition coefficient (Wildman–Crippen LogP) is 1.41. The van der Waals surface area contributed by atoms with Gasteiger partial charge in [0.1, 0.15) is 0 Å². The number of aryl methyl sites for hydroxylation is 1. The summed E-state index contributed by atoms with van der Waals surface area (Å²) in [4.78, 5) is 10.9. The van der Waals surface area contributed by atoms with Gasteiger partial charge in [0.05, 0.1) is 25.1 Å². The van der Waals surface area contributed by atoms with Gasteiger partial charge in [-0.3, -0.25) is 0 Å². The summed E-state index contributed by atoms with van der Waals surface area (Å²) in [5, 5.41) is 0. The van der Waals surface area contributed by atoms with E-state index in [1.54, 1.807) is 12.1 Å². The molecule has 1 aromatic rings. The molecule has 0 saturated carbocycles. The van der Waals surface area contributed by atoms with Gasteiger partial charge in [-0.15, -0.1) is 6.42 Å². The zero-order chi connectivity index (χ0) is 17.3. The minimum absolute atomic E-state index is 0.106. The molecule has 7 heteroatoms. The summed E-state index contributed by atoms with van der Waals surface area (Å²) < 4.78 is 34.9. The fourth-order valence-electron chi connectivity index (χ4n) is 1.54. The zero-order valence-electron chi connectivity index (χ0n) is 12.9. The molecule has 0 amide bonds. The molecule has 0 N–H and O–H groups in total. The van der Waals surface area contributed by atoms with Gasteiger partial charge in [0.2, 0.25) is 10.0 Å². The van der Waals surface area contributed by atoms with Crippen molar-refractivity contribution in [3.05, 3.63) is 29.8 Å². The molecule has 0 heterocycles. The van der Waals surface area contributed by atoms with E-state index in [2.05, 4.69) is 27.2 Å². The lowest BCUT2D eigenvalue weighted by atomic mass is 10.2. The van der Waals surface area contributed by atoms with Crippen molar-refractivity contribution < 1.29 is 22.7 Å². The molecule has 122 valence electrons. The Morgan fingerprint density at radius 3 is 2.43 bits per heavy atom. The number of carbonyl (C=O) groups excluding carboxylic acids is 1. The minimum atomic E-state index is -3.73. The van der Waals surface area contributed by atoms with Crippen molar-refractivity contribution in [2.24, 2.45) is 0 Å². The van der Waals surface area contributed by atoms with Crippen LogP contribution in [0.25, 0.3) is 0 Å². The van der Waals surface area contributed by atoms with Crippen molar-refractivity contribution in [2.45, 2.75) is 11.8 Å². The second-order valence-electron chi connectivity index (χ2n) is 4.39. The Kier molecular flexibility index (Phi) is 7.14. The standard InChI is InChI=1S/C16H17NO5S/c1-4-11-17(12-5-6-13-22-16(18)21-3)23(19,20)15-9-7-14(2)8-10-15/h1,7-10H,11-13H2,2-3H3. The topological polar surface area (TPSA) is 72.9 Å². The first-order chi connectivity index (χ1) is 10.9. The highest BCUT2D eigenvalue weighted by Gasteiger charge is 2.22. The third-order valence-corrected chi connectivity index (χ3v) is 4.54. The Morgan fingerprint density at radius 1 is 1.22 bits per heavy atom. The Morgan fingerprint density at radius 2 is 1.87 bits per heavy atom. The number of ether oxygens (including phenoxy) is 2. The second-order valence-corrected chi connectivity index (χ2v) is 6.32. The van der Waals surface area contributed by atoms with Crippen LogP contribution in [0, 0.1) is 31.1 Å². The summed E-state index contributed by atoms with van der Waals surface area (Å²) in [6.45, 7) is 1.46. The normalized spacial score (nSPS) is 10.3. The van der Waals surface area contributed by atoms with Crippen molar-refractivity contribution in [1.82, 2.24) is 4.31 Å². The van der Waals surface area contributed by atoms with Gasteiger partial charge >= 0.3 is 6.16 Å². The number of benzene rings is 1. The molecule has 0 spiro atoms. The third kappa shape index (κ3) is 5.67. The van der Waals surface area contributed by atoms with Crippen LogP contribution in [0.5, 0.6) is 0 Å². The van der Waals surface area contributed by atoms with Crippen LogP contribution < -0.4 is 0 Å². The molecule has 23 heavy (non-hydrogen) atoms. The Hall–Kier alpha value is -2.48. The van der Waals surface area contributed by atoms with Crippen LogP contribution in [0.4, 0.5) is 4.79 Å². The largest absolute Gasteiger partial charge is 0.508 e. The number of carbonyl (C=O) groups is 1. The lowest BCUT2D eigenvalue weighted by Gasteiger charge is -2.17. The first kappa shape index (κ1) is 18.6. The van der Waals surface area contributed by atoms with Gasteiger partial charge in [-0.05, 0) is 19.1 Å². The van der Waals surface area contributed by atoms with Crippen LogP contribution in [0.1, 0.15) is 5.56 Å². The van der Waals surface area contributed by atoms with Crippen molar-refractivity contribution in [2.75, 3.05) is 26.8 Å². The Labute approximate surface area is 136 Å². The molecule has 0 aliphatic carbocycles. The van der Waals surface area contributed by atoms with Gasteiger partial charge in [0, 0.05) is 0 Å². The first-order valence-electron chi connectivity index (χ1n) is 6.58. The molecule has 0 unspecified atom stereocenters. The van der Waals surface area contributed by atoms with Crippen molar-refractivity contribution >= 4 is 16.2 Å². The number of rotatable bonds is 5. The highest BCUT2D eigenvalue weighted by atomic mass is 32.2. The maximum Gasteiger partial charge on any atom is 0.508 e. The molecular formula is C16H17NO5S. The van der Waals surface area contributed by atoms with Gasteiger partial charge in [0.15, 0.2) is 6.61 Å². The van der Waals surface area contributed by atoms with Crippen molar-refractivity contribution in [3.8, 4) is 24.2 Å². The van der Waals surface area contributed by atoms with E-state index in [0.29, 0.717) is 0 Å². The molecule has 0 radical (unpaired) electrons. The van der Waals surface area contributed by atoms with E-state index in [1.807, 2.05) is 6.92 Å². The summed E-state index contributed by atoms with van der Waals surface area (Å²) in [5.41, 5.74) is 0.951. The lowest BCUT2D eigenvalue weighted by Crippen LogP contribution is -2.32. The van der Waals surface area contributed by atoms with Crippen LogP contribution in [-0.4, -0.2) is 45.7 Å². The molecule has 0 bridgehead atoms. The van der Waals surface area contributed by atoms with E-state index in [9.17, 15) is 13.2 Å². The molecule has 0 aliphatic heterocycles. The van der Waals surface area contributed by atoms with E-state index >= 15 is 0 Å². The van der Waals surface area contributed by atoms with Gasteiger partial charge in [-0.25, -0.2) is 13.2 Å². The van der Waals surface area contributed by atoms with Gasteiger partial charge < -0.3 is 9.47 Å². The third-order valence-electron chi connectivity index (χ3n) is 2.74.